The smallest absolute Gasteiger partial charge is 0.338 e. The fraction of sp³-hybridized carbons (Fsp3) is 0.176. The molecular formula is C34H24F4O10. The van der Waals surface area contributed by atoms with Crippen molar-refractivity contribution < 1.29 is 65.9 Å². The van der Waals surface area contributed by atoms with Gasteiger partial charge in [0.15, 0.2) is 24.4 Å². The van der Waals surface area contributed by atoms with Crippen LogP contribution in [0.3, 0.4) is 0 Å². The van der Waals surface area contributed by atoms with Crippen molar-refractivity contribution in [2.75, 3.05) is 0 Å². The lowest BCUT2D eigenvalue weighted by Gasteiger charge is -2.45. The Balaban J connectivity index is 1.56. The lowest BCUT2D eigenvalue weighted by Crippen LogP contribution is -2.67. The third-order valence-corrected chi connectivity index (χ3v) is 7.29. The number of carbonyl (C=O) groups is 4. The molecule has 1 aliphatic rings. The van der Waals surface area contributed by atoms with Crippen molar-refractivity contribution in [2.45, 2.75) is 36.6 Å². The monoisotopic (exact) mass is 668 g/mol. The Hall–Kier alpha value is -5.60. The first kappa shape index (κ1) is 33.8. The molecule has 0 aliphatic heterocycles. The molecule has 48 heavy (non-hydrogen) atoms. The first-order valence-electron chi connectivity index (χ1n) is 14.1. The summed E-state index contributed by atoms with van der Waals surface area (Å²) in [6, 6.07) is 15.8. The highest BCUT2D eigenvalue weighted by molar-refractivity contribution is 5.92. The summed E-state index contributed by atoms with van der Waals surface area (Å²) in [5, 5.41) is 22.4. The summed E-state index contributed by atoms with van der Waals surface area (Å²) in [5.41, 5.74) is -0.953. The first-order valence-corrected chi connectivity index (χ1v) is 14.1. The number of hydrogen-bond donors (Lipinski definition) is 2. The maximum atomic E-state index is 13.6. The van der Waals surface area contributed by atoms with Gasteiger partial charge in [0.05, 0.1) is 22.3 Å². The minimum absolute atomic E-state index is 0.230. The van der Waals surface area contributed by atoms with Crippen molar-refractivity contribution in [2.24, 2.45) is 0 Å². The number of carbonyl (C=O) groups excluding carboxylic acids is 4. The molecule has 1 saturated carbocycles. The average molecular weight is 669 g/mol. The number of benzene rings is 4. The molecule has 0 spiro atoms. The van der Waals surface area contributed by atoms with Crippen LogP contribution in [0.4, 0.5) is 17.6 Å². The third kappa shape index (κ3) is 7.67. The predicted molar refractivity (Wildman–Crippen MR) is 154 cm³/mol. The molecule has 1 aliphatic carbocycles. The quantitative estimate of drug-likeness (QED) is 0.159. The van der Waals surface area contributed by atoms with Crippen LogP contribution in [-0.4, -0.2) is 70.7 Å². The molecule has 5 rings (SSSR count). The van der Waals surface area contributed by atoms with E-state index in [1.54, 1.807) is 0 Å². The molecule has 0 heterocycles. The summed E-state index contributed by atoms with van der Waals surface area (Å²) in [6.07, 6.45) is -12.5. The number of ether oxygens (including phenoxy) is 4. The lowest BCUT2D eigenvalue weighted by atomic mass is 9.84. The number of esters is 4. The minimum Gasteiger partial charge on any atom is -0.452 e. The standard InChI is InChI=1S/C34H24F4O10/c35-21-9-1-17(2-10-21)31(41)45-27-25(39)26(40)28(46-32(42)18-3-11-22(36)12-4-18)30(48-34(44)20-7-15-24(38)16-8-20)29(27)47-33(43)19-5-13-23(37)14-6-19/h1-16,25-30,39-40H/t25-,26+,27+,28-,29-,30+. The first-order chi connectivity index (χ1) is 22.9. The molecule has 6 atom stereocenters. The van der Waals surface area contributed by atoms with Crippen molar-refractivity contribution in [3.8, 4) is 0 Å². The van der Waals surface area contributed by atoms with Gasteiger partial charge in [-0.3, -0.25) is 0 Å². The molecule has 248 valence electrons. The molecule has 0 aromatic heterocycles. The van der Waals surface area contributed by atoms with Crippen molar-refractivity contribution in [3.63, 3.8) is 0 Å². The Bertz CT molecular complexity index is 1650. The van der Waals surface area contributed by atoms with Crippen LogP contribution in [0.15, 0.2) is 97.1 Å². The molecular weight excluding hydrogens is 644 g/mol. The number of aliphatic hydroxyl groups is 2. The number of rotatable bonds is 8. The van der Waals surface area contributed by atoms with Gasteiger partial charge in [-0.05, 0) is 97.1 Å². The molecule has 0 unspecified atom stereocenters. The number of halogens is 4. The Labute approximate surface area is 269 Å². The topological polar surface area (TPSA) is 146 Å². The lowest BCUT2D eigenvalue weighted by molar-refractivity contribution is -0.223. The maximum Gasteiger partial charge on any atom is 0.338 e. The largest absolute Gasteiger partial charge is 0.452 e. The summed E-state index contributed by atoms with van der Waals surface area (Å²) in [4.78, 5) is 52.7. The maximum absolute atomic E-state index is 13.6. The van der Waals surface area contributed by atoms with Crippen LogP contribution in [0.2, 0.25) is 0 Å². The SMILES string of the molecule is O=C(O[C@@H]1[C@H](OC(=O)c2ccc(F)cc2)[C@@H](OC(=O)c2ccc(F)cc2)[C@H](O)[C@H](O)[C@H]1OC(=O)c1ccc(F)cc1)c1ccc(F)cc1. The fourth-order valence-corrected chi connectivity index (χ4v) is 4.80. The summed E-state index contributed by atoms with van der Waals surface area (Å²) in [7, 11) is 0. The zero-order chi connectivity index (χ0) is 34.5. The molecule has 4 aromatic carbocycles. The van der Waals surface area contributed by atoms with Gasteiger partial charge >= 0.3 is 23.9 Å². The van der Waals surface area contributed by atoms with Gasteiger partial charge < -0.3 is 29.2 Å². The van der Waals surface area contributed by atoms with Crippen LogP contribution in [0.1, 0.15) is 41.4 Å². The summed E-state index contributed by atoms with van der Waals surface area (Å²) >= 11 is 0. The van der Waals surface area contributed by atoms with E-state index in [9.17, 15) is 47.0 Å². The molecule has 0 amide bonds. The Kier molecular flexibility index (Phi) is 10.2. The van der Waals surface area contributed by atoms with E-state index in [-0.39, 0.29) is 22.3 Å². The minimum atomic E-state index is -2.19. The molecule has 14 heteroatoms. The van der Waals surface area contributed by atoms with E-state index in [0.717, 1.165) is 97.1 Å². The van der Waals surface area contributed by atoms with Crippen LogP contribution >= 0.6 is 0 Å². The van der Waals surface area contributed by atoms with E-state index in [1.165, 1.54) is 0 Å². The summed E-state index contributed by atoms with van der Waals surface area (Å²) in [5.74, 6) is -7.59. The summed E-state index contributed by atoms with van der Waals surface area (Å²) < 4.78 is 76.1. The van der Waals surface area contributed by atoms with E-state index in [0.29, 0.717) is 0 Å². The highest BCUT2D eigenvalue weighted by Gasteiger charge is 2.57. The zero-order valence-electron chi connectivity index (χ0n) is 24.4. The van der Waals surface area contributed by atoms with Crippen LogP contribution in [0.25, 0.3) is 0 Å². The second kappa shape index (κ2) is 14.4. The normalized spacial score (nSPS) is 21.9. The molecule has 4 aromatic rings. The molecule has 0 radical (unpaired) electrons. The molecule has 10 nitrogen and oxygen atoms in total. The average Bonchev–Trinajstić information content (AvgIpc) is 3.07. The molecule has 1 fully saturated rings. The van der Waals surface area contributed by atoms with Crippen molar-refractivity contribution in [3.05, 3.63) is 143 Å². The Morgan fingerprint density at radius 1 is 0.375 bits per heavy atom. The second-order valence-corrected chi connectivity index (χ2v) is 10.5. The van der Waals surface area contributed by atoms with Gasteiger partial charge in [-0.1, -0.05) is 0 Å². The highest BCUT2D eigenvalue weighted by Crippen LogP contribution is 2.33. The molecule has 0 saturated heterocycles. The van der Waals surface area contributed by atoms with Gasteiger partial charge in [0.2, 0.25) is 0 Å². The van der Waals surface area contributed by atoms with Crippen LogP contribution in [-0.2, 0) is 18.9 Å². The molecule has 2 N–H and O–H groups in total. The van der Waals surface area contributed by atoms with Gasteiger partial charge in [0.1, 0.15) is 35.5 Å². The van der Waals surface area contributed by atoms with Gasteiger partial charge in [-0.25, -0.2) is 36.7 Å². The van der Waals surface area contributed by atoms with E-state index < -0.39 is 83.8 Å². The number of aliphatic hydroxyl groups excluding tert-OH is 2. The second-order valence-electron chi connectivity index (χ2n) is 10.5. The van der Waals surface area contributed by atoms with Gasteiger partial charge in [0.25, 0.3) is 0 Å². The predicted octanol–water partition coefficient (Wildman–Crippen LogP) is 4.18. The van der Waals surface area contributed by atoms with E-state index in [4.69, 9.17) is 18.9 Å². The van der Waals surface area contributed by atoms with E-state index in [1.807, 2.05) is 0 Å². The van der Waals surface area contributed by atoms with Crippen LogP contribution in [0.5, 0.6) is 0 Å². The van der Waals surface area contributed by atoms with Gasteiger partial charge in [-0.15, -0.1) is 0 Å². The van der Waals surface area contributed by atoms with Gasteiger partial charge in [0, 0.05) is 0 Å². The van der Waals surface area contributed by atoms with Crippen molar-refractivity contribution in [1.29, 1.82) is 0 Å². The van der Waals surface area contributed by atoms with Gasteiger partial charge in [-0.2, -0.15) is 0 Å². The number of hydrogen-bond acceptors (Lipinski definition) is 10. The fourth-order valence-electron chi connectivity index (χ4n) is 4.80. The Morgan fingerprint density at radius 3 is 0.771 bits per heavy atom. The van der Waals surface area contributed by atoms with E-state index >= 15 is 0 Å². The van der Waals surface area contributed by atoms with Crippen molar-refractivity contribution in [1.82, 2.24) is 0 Å². The van der Waals surface area contributed by atoms with Crippen LogP contribution < -0.4 is 0 Å². The summed E-state index contributed by atoms with van der Waals surface area (Å²) in [6.45, 7) is 0. The molecule has 0 bridgehead atoms. The van der Waals surface area contributed by atoms with Crippen molar-refractivity contribution >= 4 is 23.9 Å². The van der Waals surface area contributed by atoms with Crippen LogP contribution in [0, 0.1) is 23.3 Å². The zero-order valence-corrected chi connectivity index (χ0v) is 24.4. The highest BCUT2D eigenvalue weighted by atomic mass is 19.1. The third-order valence-electron chi connectivity index (χ3n) is 7.29. The Morgan fingerprint density at radius 2 is 0.562 bits per heavy atom. The van der Waals surface area contributed by atoms with E-state index in [2.05, 4.69) is 0 Å².